The van der Waals surface area contributed by atoms with Gasteiger partial charge in [0.05, 0.1) is 6.26 Å². The molecule has 0 bridgehead atoms. The number of nitrogens with zero attached hydrogens (tertiary/aromatic N) is 2. The fourth-order valence-corrected chi connectivity index (χ4v) is 2.01. The highest BCUT2D eigenvalue weighted by atomic mass is 35.5. The van der Waals surface area contributed by atoms with Crippen molar-refractivity contribution in [3.05, 3.63) is 77.5 Å². The van der Waals surface area contributed by atoms with Gasteiger partial charge in [-0.2, -0.15) is 0 Å². The average molecular weight is 327 g/mol. The lowest BCUT2D eigenvalue weighted by Crippen LogP contribution is -2.08. The topological polar surface area (TPSA) is 64.7 Å². The molecular formula is C17H11ClN2O3. The Morgan fingerprint density at radius 2 is 2.04 bits per heavy atom. The maximum absolute atomic E-state index is 12.0. The first kappa shape index (κ1) is 15.0. The Balaban J connectivity index is 1.84. The molecule has 3 rings (SSSR count). The number of carbonyl (C=O) groups is 1. The minimum absolute atomic E-state index is 0.132. The molecule has 0 atom stereocenters. The fourth-order valence-electron chi connectivity index (χ4n) is 1.84. The zero-order chi connectivity index (χ0) is 16.1. The number of para-hydroxylation sites is 1. The number of esters is 1. The number of pyridine rings is 1. The third-order valence-electron chi connectivity index (χ3n) is 2.93. The Morgan fingerprint density at radius 1 is 1.17 bits per heavy atom. The molecule has 2 aromatic heterocycles. The lowest BCUT2D eigenvalue weighted by molar-refractivity contribution is 0.0701. The molecule has 1 aromatic carbocycles. The standard InChI is InChI=1S/C17H11ClN2O3/c18-16-13(6-3-9-19-16)20-11-12-5-1-2-7-14(12)23-17(21)15-8-4-10-22-15/h1-11H. The number of hydrogen-bond donors (Lipinski definition) is 0. The molecular weight excluding hydrogens is 316 g/mol. The van der Waals surface area contributed by atoms with E-state index in [1.165, 1.54) is 12.3 Å². The summed E-state index contributed by atoms with van der Waals surface area (Å²) in [6, 6.07) is 13.7. The van der Waals surface area contributed by atoms with Crippen molar-refractivity contribution >= 4 is 29.5 Å². The summed E-state index contributed by atoms with van der Waals surface area (Å²) < 4.78 is 10.4. The molecule has 0 aliphatic rings. The van der Waals surface area contributed by atoms with Gasteiger partial charge < -0.3 is 9.15 Å². The zero-order valence-electron chi connectivity index (χ0n) is 11.8. The molecule has 0 amide bonds. The normalized spacial score (nSPS) is 10.8. The van der Waals surface area contributed by atoms with Gasteiger partial charge in [0.2, 0.25) is 5.76 Å². The van der Waals surface area contributed by atoms with E-state index >= 15 is 0 Å². The van der Waals surface area contributed by atoms with Crippen LogP contribution in [-0.4, -0.2) is 17.2 Å². The molecule has 114 valence electrons. The second kappa shape index (κ2) is 6.89. The van der Waals surface area contributed by atoms with Crippen LogP contribution >= 0.6 is 11.6 Å². The third-order valence-corrected chi connectivity index (χ3v) is 3.22. The van der Waals surface area contributed by atoms with Crippen molar-refractivity contribution in [2.75, 3.05) is 0 Å². The number of carbonyl (C=O) groups excluding carboxylic acids is 1. The molecule has 0 unspecified atom stereocenters. The molecule has 23 heavy (non-hydrogen) atoms. The second-order valence-electron chi connectivity index (χ2n) is 4.48. The van der Waals surface area contributed by atoms with E-state index in [2.05, 4.69) is 9.98 Å². The van der Waals surface area contributed by atoms with E-state index in [-0.39, 0.29) is 5.76 Å². The van der Waals surface area contributed by atoms with Crippen LogP contribution in [0.25, 0.3) is 0 Å². The highest BCUT2D eigenvalue weighted by Crippen LogP contribution is 2.23. The number of hydrogen-bond acceptors (Lipinski definition) is 5. The summed E-state index contributed by atoms with van der Waals surface area (Å²) in [6.45, 7) is 0. The van der Waals surface area contributed by atoms with Gasteiger partial charge >= 0.3 is 5.97 Å². The number of benzene rings is 1. The molecule has 0 spiro atoms. The van der Waals surface area contributed by atoms with E-state index in [9.17, 15) is 4.79 Å². The summed E-state index contributed by atoms with van der Waals surface area (Å²) >= 11 is 5.96. The van der Waals surface area contributed by atoms with Crippen LogP contribution in [0.2, 0.25) is 5.15 Å². The first-order chi connectivity index (χ1) is 11.2. The van der Waals surface area contributed by atoms with Crippen molar-refractivity contribution in [2.45, 2.75) is 0 Å². The smallest absolute Gasteiger partial charge is 0.379 e. The lowest BCUT2D eigenvalue weighted by Gasteiger charge is -2.05. The largest absolute Gasteiger partial charge is 0.457 e. The van der Waals surface area contributed by atoms with Crippen LogP contribution in [0.15, 0.2) is 70.4 Å². The molecule has 0 N–H and O–H groups in total. The summed E-state index contributed by atoms with van der Waals surface area (Å²) in [5.74, 6) is -0.0695. The van der Waals surface area contributed by atoms with Gasteiger partial charge in [-0.25, -0.2) is 9.78 Å². The Hall–Kier alpha value is -2.92. The molecule has 0 aliphatic carbocycles. The van der Waals surface area contributed by atoms with Crippen LogP contribution in [0.5, 0.6) is 5.75 Å². The van der Waals surface area contributed by atoms with Crippen molar-refractivity contribution in [2.24, 2.45) is 4.99 Å². The summed E-state index contributed by atoms with van der Waals surface area (Å²) in [7, 11) is 0. The lowest BCUT2D eigenvalue weighted by atomic mass is 10.2. The third kappa shape index (κ3) is 3.64. The van der Waals surface area contributed by atoms with Gasteiger partial charge in [0, 0.05) is 18.0 Å². The summed E-state index contributed by atoms with van der Waals surface area (Å²) in [5, 5.41) is 0.300. The molecule has 2 heterocycles. The number of aromatic nitrogens is 1. The van der Waals surface area contributed by atoms with Crippen LogP contribution in [0.4, 0.5) is 5.69 Å². The molecule has 0 aliphatic heterocycles. The van der Waals surface area contributed by atoms with Crippen LogP contribution < -0.4 is 4.74 Å². The minimum atomic E-state index is -0.574. The van der Waals surface area contributed by atoms with Gasteiger partial charge in [-0.3, -0.25) is 4.99 Å². The zero-order valence-corrected chi connectivity index (χ0v) is 12.6. The number of ether oxygens (including phenoxy) is 1. The first-order valence-corrected chi connectivity index (χ1v) is 7.11. The van der Waals surface area contributed by atoms with E-state index in [0.717, 1.165) is 0 Å². The Bertz CT molecular complexity index is 845. The SMILES string of the molecule is O=C(Oc1ccccc1C=Nc1cccnc1Cl)c1ccco1. The van der Waals surface area contributed by atoms with E-state index < -0.39 is 5.97 Å². The summed E-state index contributed by atoms with van der Waals surface area (Å²) in [4.78, 5) is 20.2. The number of halogens is 1. The summed E-state index contributed by atoms with van der Waals surface area (Å²) in [5.41, 5.74) is 1.16. The Kier molecular flexibility index (Phi) is 4.49. The molecule has 3 aromatic rings. The van der Waals surface area contributed by atoms with Gasteiger partial charge in [-0.1, -0.05) is 23.7 Å². The maximum Gasteiger partial charge on any atom is 0.379 e. The molecule has 0 radical (unpaired) electrons. The van der Waals surface area contributed by atoms with Crippen LogP contribution in [0, 0.1) is 0 Å². The minimum Gasteiger partial charge on any atom is -0.457 e. The van der Waals surface area contributed by atoms with Gasteiger partial charge in [0.25, 0.3) is 0 Å². The van der Waals surface area contributed by atoms with Crippen LogP contribution in [0.3, 0.4) is 0 Å². The van der Waals surface area contributed by atoms with Crippen molar-refractivity contribution in [3.8, 4) is 5.75 Å². The maximum atomic E-state index is 12.0. The Labute approximate surface area is 137 Å². The van der Waals surface area contributed by atoms with E-state index in [4.69, 9.17) is 20.8 Å². The van der Waals surface area contributed by atoms with Gasteiger partial charge in [0.1, 0.15) is 11.4 Å². The first-order valence-electron chi connectivity index (χ1n) is 6.73. The molecule has 0 saturated carbocycles. The van der Waals surface area contributed by atoms with Crippen molar-refractivity contribution in [3.63, 3.8) is 0 Å². The second-order valence-corrected chi connectivity index (χ2v) is 4.83. The van der Waals surface area contributed by atoms with Gasteiger partial charge in [-0.15, -0.1) is 0 Å². The number of furan rings is 1. The quantitative estimate of drug-likeness (QED) is 0.310. The predicted molar refractivity (Wildman–Crippen MR) is 86.6 cm³/mol. The van der Waals surface area contributed by atoms with Crippen LogP contribution in [-0.2, 0) is 0 Å². The summed E-state index contributed by atoms with van der Waals surface area (Å²) in [6.07, 6.45) is 4.56. The van der Waals surface area contributed by atoms with Crippen molar-refractivity contribution in [1.29, 1.82) is 0 Å². The predicted octanol–water partition coefficient (Wildman–Crippen LogP) is 4.30. The van der Waals surface area contributed by atoms with Crippen molar-refractivity contribution < 1.29 is 13.9 Å². The molecule has 6 heteroatoms. The Morgan fingerprint density at radius 3 is 2.83 bits per heavy atom. The van der Waals surface area contributed by atoms with Gasteiger partial charge in [-0.05, 0) is 36.4 Å². The van der Waals surface area contributed by atoms with Crippen LogP contribution in [0.1, 0.15) is 16.1 Å². The van der Waals surface area contributed by atoms with Gasteiger partial charge in [0.15, 0.2) is 5.15 Å². The highest BCUT2D eigenvalue weighted by Gasteiger charge is 2.13. The highest BCUT2D eigenvalue weighted by molar-refractivity contribution is 6.31. The molecule has 0 fully saturated rings. The average Bonchev–Trinajstić information content (AvgIpc) is 3.10. The number of rotatable bonds is 4. The molecule has 0 saturated heterocycles. The monoisotopic (exact) mass is 326 g/mol. The fraction of sp³-hybridized carbons (Fsp3) is 0. The molecule has 5 nitrogen and oxygen atoms in total. The van der Waals surface area contributed by atoms with E-state index in [1.807, 2.05) is 6.07 Å². The van der Waals surface area contributed by atoms with Crippen molar-refractivity contribution in [1.82, 2.24) is 4.98 Å². The number of aliphatic imine (C=N–C) groups is 1. The van der Waals surface area contributed by atoms with E-state index in [1.54, 1.807) is 48.8 Å². The van der Waals surface area contributed by atoms with E-state index in [0.29, 0.717) is 22.2 Å².